The van der Waals surface area contributed by atoms with Crippen molar-refractivity contribution < 1.29 is 24.0 Å². The van der Waals surface area contributed by atoms with Crippen LogP contribution in [0, 0.1) is 0 Å². The Labute approximate surface area is 133 Å². The van der Waals surface area contributed by atoms with Crippen molar-refractivity contribution in [3.05, 3.63) is 43.5 Å². The molecular weight excluding hydrogens is 303 g/mol. The second-order valence-corrected chi connectivity index (χ2v) is 5.85. The van der Waals surface area contributed by atoms with E-state index in [-0.39, 0.29) is 12.1 Å². The molecule has 0 aromatic heterocycles. The SMILES string of the molecule is C=C.CCCCCCCCOP(=O)(O)Oc1ccccc1.O. The summed E-state index contributed by atoms with van der Waals surface area (Å²) in [6, 6.07) is 8.53. The molecule has 1 rings (SSSR count). The summed E-state index contributed by atoms with van der Waals surface area (Å²) < 4.78 is 21.5. The molecule has 0 saturated heterocycles. The van der Waals surface area contributed by atoms with Gasteiger partial charge in [-0.25, -0.2) is 4.57 Å². The van der Waals surface area contributed by atoms with E-state index in [1.165, 1.54) is 19.3 Å². The molecule has 3 N–H and O–H groups in total. The van der Waals surface area contributed by atoms with Crippen molar-refractivity contribution in [2.75, 3.05) is 6.61 Å². The van der Waals surface area contributed by atoms with Crippen molar-refractivity contribution in [2.24, 2.45) is 0 Å². The van der Waals surface area contributed by atoms with E-state index in [2.05, 4.69) is 20.1 Å². The summed E-state index contributed by atoms with van der Waals surface area (Å²) in [7, 11) is -3.98. The van der Waals surface area contributed by atoms with Gasteiger partial charge in [-0.05, 0) is 18.6 Å². The molecule has 5 nitrogen and oxygen atoms in total. The first-order valence-corrected chi connectivity index (χ1v) is 8.85. The van der Waals surface area contributed by atoms with Crippen molar-refractivity contribution in [1.29, 1.82) is 0 Å². The van der Waals surface area contributed by atoms with Gasteiger partial charge in [0.15, 0.2) is 0 Å². The van der Waals surface area contributed by atoms with Gasteiger partial charge in [-0.2, -0.15) is 0 Å². The molecule has 0 fully saturated rings. The molecule has 0 spiro atoms. The molecule has 0 radical (unpaired) electrons. The lowest BCUT2D eigenvalue weighted by atomic mass is 10.1. The van der Waals surface area contributed by atoms with Crippen molar-refractivity contribution >= 4 is 7.82 Å². The number of para-hydroxylation sites is 1. The average molecular weight is 332 g/mol. The van der Waals surface area contributed by atoms with Crippen LogP contribution in [0.3, 0.4) is 0 Å². The smallest absolute Gasteiger partial charge is 0.412 e. The van der Waals surface area contributed by atoms with E-state index in [0.717, 1.165) is 19.3 Å². The van der Waals surface area contributed by atoms with Crippen molar-refractivity contribution in [3.8, 4) is 5.75 Å². The number of benzene rings is 1. The molecule has 0 aliphatic heterocycles. The van der Waals surface area contributed by atoms with Crippen LogP contribution in [0.2, 0.25) is 0 Å². The maximum absolute atomic E-state index is 11.6. The third-order valence-corrected chi connectivity index (χ3v) is 3.67. The molecule has 0 amide bonds. The minimum Gasteiger partial charge on any atom is -0.412 e. The lowest BCUT2D eigenvalue weighted by molar-refractivity contribution is 0.199. The summed E-state index contributed by atoms with van der Waals surface area (Å²) in [5.41, 5.74) is 0. The molecule has 0 bridgehead atoms. The molecule has 0 aliphatic carbocycles. The molecule has 0 heterocycles. The van der Waals surface area contributed by atoms with E-state index in [4.69, 9.17) is 9.05 Å². The number of rotatable bonds is 10. The first-order valence-electron chi connectivity index (χ1n) is 7.36. The molecule has 0 aliphatic rings. The maximum Gasteiger partial charge on any atom is 0.527 e. The van der Waals surface area contributed by atoms with Crippen molar-refractivity contribution in [2.45, 2.75) is 45.4 Å². The second-order valence-electron chi connectivity index (χ2n) is 4.47. The summed E-state index contributed by atoms with van der Waals surface area (Å²) in [4.78, 5) is 9.52. The van der Waals surface area contributed by atoms with Gasteiger partial charge in [-0.1, -0.05) is 57.2 Å². The van der Waals surface area contributed by atoms with Gasteiger partial charge >= 0.3 is 7.82 Å². The normalized spacial score (nSPS) is 12.3. The minimum absolute atomic E-state index is 0. The van der Waals surface area contributed by atoms with Crippen LogP contribution < -0.4 is 4.52 Å². The standard InChI is InChI=1S/C14H23O4P.C2H4.H2O/c1-2-3-4-5-6-10-13-17-19(15,16)18-14-11-8-7-9-12-14;1-2;/h7-9,11-12H,2-6,10,13H2,1H3,(H,15,16);1-2H2;1H2. The molecule has 1 aromatic carbocycles. The van der Waals surface area contributed by atoms with Crippen LogP contribution in [0.15, 0.2) is 43.5 Å². The lowest BCUT2D eigenvalue weighted by Gasteiger charge is -2.12. The van der Waals surface area contributed by atoms with E-state index in [1.807, 2.05) is 6.07 Å². The zero-order valence-electron chi connectivity index (χ0n) is 13.4. The first kappa shape index (κ1) is 23.1. The van der Waals surface area contributed by atoms with Gasteiger partial charge in [0.1, 0.15) is 5.75 Å². The van der Waals surface area contributed by atoms with Gasteiger partial charge in [0, 0.05) is 0 Å². The zero-order valence-corrected chi connectivity index (χ0v) is 14.3. The number of phosphoric ester groups is 1. The fraction of sp³-hybridized carbons (Fsp3) is 0.500. The summed E-state index contributed by atoms with van der Waals surface area (Å²) in [5.74, 6) is 0.344. The van der Waals surface area contributed by atoms with E-state index in [0.29, 0.717) is 5.75 Å². The minimum atomic E-state index is -3.98. The Morgan fingerprint density at radius 1 is 1.05 bits per heavy atom. The monoisotopic (exact) mass is 332 g/mol. The van der Waals surface area contributed by atoms with Crippen LogP contribution in [-0.2, 0) is 9.09 Å². The van der Waals surface area contributed by atoms with Crippen LogP contribution in [0.4, 0.5) is 0 Å². The van der Waals surface area contributed by atoms with E-state index < -0.39 is 7.82 Å². The van der Waals surface area contributed by atoms with Crippen molar-refractivity contribution in [3.63, 3.8) is 0 Å². The quantitative estimate of drug-likeness (QED) is 0.387. The number of unbranched alkanes of at least 4 members (excludes halogenated alkanes) is 5. The highest BCUT2D eigenvalue weighted by Crippen LogP contribution is 2.43. The Hall–Kier alpha value is -1.13. The Bertz CT molecular complexity index is 397. The van der Waals surface area contributed by atoms with Gasteiger partial charge in [-0.3, -0.25) is 9.42 Å². The third kappa shape index (κ3) is 12.6. The van der Waals surface area contributed by atoms with Gasteiger partial charge < -0.3 is 10.00 Å². The molecule has 22 heavy (non-hydrogen) atoms. The fourth-order valence-electron chi connectivity index (χ4n) is 1.70. The first-order chi connectivity index (χ1) is 10.1. The van der Waals surface area contributed by atoms with Gasteiger partial charge in [0.2, 0.25) is 0 Å². The second kappa shape index (κ2) is 14.8. The third-order valence-electron chi connectivity index (χ3n) is 2.72. The summed E-state index contributed by atoms with van der Waals surface area (Å²) in [6.45, 7) is 8.43. The predicted molar refractivity (Wildman–Crippen MR) is 91.1 cm³/mol. The van der Waals surface area contributed by atoms with Crippen LogP contribution in [0.5, 0.6) is 5.75 Å². The number of hydrogen-bond donors (Lipinski definition) is 1. The average Bonchev–Trinajstić information content (AvgIpc) is 2.49. The fourth-order valence-corrected chi connectivity index (χ4v) is 2.50. The van der Waals surface area contributed by atoms with Crippen LogP contribution >= 0.6 is 7.82 Å². The van der Waals surface area contributed by atoms with Gasteiger partial charge in [-0.15, -0.1) is 13.2 Å². The summed E-state index contributed by atoms with van der Waals surface area (Å²) in [5, 5.41) is 0. The van der Waals surface area contributed by atoms with Gasteiger partial charge in [0.25, 0.3) is 0 Å². The molecular formula is C16H29O5P. The van der Waals surface area contributed by atoms with E-state index in [1.54, 1.807) is 24.3 Å². The lowest BCUT2D eigenvalue weighted by Crippen LogP contribution is -1.99. The largest absolute Gasteiger partial charge is 0.527 e. The number of phosphoric acid groups is 1. The molecule has 6 heteroatoms. The Morgan fingerprint density at radius 3 is 2.18 bits per heavy atom. The van der Waals surface area contributed by atoms with Crippen LogP contribution in [0.1, 0.15) is 45.4 Å². The highest BCUT2D eigenvalue weighted by Gasteiger charge is 2.22. The van der Waals surface area contributed by atoms with E-state index in [9.17, 15) is 9.46 Å². The zero-order chi connectivity index (χ0) is 16.0. The Balaban J connectivity index is 0. The number of hydrogen-bond acceptors (Lipinski definition) is 3. The molecule has 1 aromatic rings. The molecule has 1 unspecified atom stereocenters. The highest BCUT2D eigenvalue weighted by atomic mass is 31.2. The van der Waals surface area contributed by atoms with E-state index >= 15 is 0 Å². The maximum atomic E-state index is 11.6. The topological polar surface area (TPSA) is 87.3 Å². The molecule has 1 atom stereocenters. The van der Waals surface area contributed by atoms with Gasteiger partial charge in [0.05, 0.1) is 6.61 Å². The molecule has 0 saturated carbocycles. The Kier molecular flexibility index (Phi) is 15.6. The molecule has 128 valence electrons. The Morgan fingerprint density at radius 2 is 1.59 bits per heavy atom. The van der Waals surface area contributed by atoms with Crippen molar-refractivity contribution in [1.82, 2.24) is 0 Å². The van der Waals surface area contributed by atoms with Crippen LogP contribution in [-0.4, -0.2) is 17.0 Å². The highest BCUT2D eigenvalue weighted by molar-refractivity contribution is 7.47. The summed E-state index contributed by atoms with van der Waals surface area (Å²) in [6.07, 6.45) is 6.63. The predicted octanol–water partition coefficient (Wildman–Crippen LogP) is 4.52. The summed E-state index contributed by atoms with van der Waals surface area (Å²) >= 11 is 0. The van der Waals surface area contributed by atoms with Crippen LogP contribution in [0.25, 0.3) is 0 Å².